The van der Waals surface area contributed by atoms with E-state index in [1.807, 2.05) is 13.0 Å². The summed E-state index contributed by atoms with van der Waals surface area (Å²) >= 11 is 5.98. The molecule has 21 heavy (non-hydrogen) atoms. The molecule has 1 fully saturated rings. The number of hydrogen-bond donors (Lipinski definition) is 1. The predicted molar refractivity (Wildman–Crippen MR) is 82.5 cm³/mol. The summed E-state index contributed by atoms with van der Waals surface area (Å²) in [4.78, 5) is -0.0223. The highest BCUT2D eigenvalue weighted by Gasteiger charge is 2.26. The third kappa shape index (κ3) is 3.97. The maximum atomic E-state index is 12.5. The van der Waals surface area contributed by atoms with Gasteiger partial charge in [0.15, 0.2) is 0 Å². The summed E-state index contributed by atoms with van der Waals surface area (Å²) in [7, 11) is -3.71. The number of nitrogens with one attached hydrogen (secondary N) is 1. The molecular weight excluding hydrogens is 308 g/mol. The fraction of sp³-hybridized carbons (Fsp3) is 0.533. The highest BCUT2D eigenvalue weighted by atomic mass is 35.5. The van der Waals surface area contributed by atoms with Gasteiger partial charge in [0.25, 0.3) is 0 Å². The Hall–Kier alpha value is -1.09. The first kappa shape index (κ1) is 16.3. The van der Waals surface area contributed by atoms with Crippen LogP contribution in [0.25, 0.3) is 0 Å². The first-order chi connectivity index (χ1) is 9.94. The number of benzene rings is 1. The van der Waals surface area contributed by atoms with Crippen LogP contribution in [0, 0.1) is 17.2 Å². The Morgan fingerprint density at radius 3 is 2.62 bits per heavy atom. The van der Waals surface area contributed by atoms with Crippen molar-refractivity contribution < 1.29 is 8.42 Å². The van der Waals surface area contributed by atoms with Crippen molar-refractivity contribution >= 4 is 21.6 Å². The van der Waals surface area contributed by atoms with E-state index in [0.717, 1.165) is 25.7 Å². The van der Waals surface area contributed by atoms with Crippen LogP contribution in [-0.4, -0.2) is 14.5 Å². The normalized spacial score (nSPS) is 18.1. The van der Waals surface area contributed by atoms with Crippen molar-refractivity contribution in [2.45, 2.75) is 50.0 Å². The van der Waals surface area contributed by atoms with E-state index < -0.39 is 10.0 Å². The van der Waals surface area contributed by atoms with Crippen molar-refractivity contribution in [1.29, 1.82) is 5.26 Å². The number of rotatable bonds is 4. The van der Waals surface area contributed by atoms with E-state index in [-0.39, 0.29) is 21.5 Å². The van der Waals surface area contributed by atoms with E-state index in [1.165, 1.54) is 24.6 Å². The maximum absolute atomic E-state index is 12.5. The van der Waals surface area contributed by atoms with Gasteiger partial charge in [-0.1, -0.05) is 30.9 Å². The number of hydrogen-bond acceptors (Lipinski definition) is 3. The summed E-state index contributed by atoms with van der Waals surface area (Å²) in [5.74, 6) is 0.367. The fourth-order valence-electron chi connectivity index (χ4n) is 2.82. The summed E-state index contributed by atoms with van der Waals surface area (Å²) in [6, 6.07) is 6.07. The van der Waals surface area contributed by atoms with E-state index in [0.29, 0.717) is 5.92 Å². The quantitative estimate of drug-likeness (QED) is 0.921. The SMILES string of the molecule is CC(NS(=O)(=O)c1cc(C#N)ccc1Cl)C1CCCCC1. The minimum atomic E-state index is -3.71. The lowest BCUT2D eigenvalue weighted by molar-refractivity contribution is 0.303. The highest BCUT2D eigenvalue weighted by Crippen LogP contribution is 2.28. The lowest BCUT2D eigenvalue weighted by atomic mass is 9.85. The molecule has 0 aromatic heterocycles. The second kappa shape index (κ2) is 6.78. The van der Waals surface area contributed by atoms with E-state index in [4.69, 9.17) is 16.9 Å². The van der Waals surface area contributed by atoms with Crippen molar-refractivity contribution in [3.05, 3.63) is 28.8 Å². The number of sulfonamides is 1. The fourth-order valence-corrected chi connectivity index (χ4v) is 4.66. The average Bonchev–Trinajstić information content (AvgIpc) is 2.48. The molecule has 1 aliphatic carbocycles. The maximum Gasteiger partial charge on any atom is 0.242 e. The molecule has 0 radical (unpaired) electrons. The van der Waals surface area contributed by atoms with Crippen LogP contribution in [0.15, 0.2) is 23.1 Å². The molecule has 0 bridgehead atoms. The van der Waals surface area contributed by atoms with Gasteiger partial charge in [-0.3, -0.25) is 0 Å². The van der Waals surface area contributed by atoms with Crippen LogP contribution in [0.5, 0.6) is 0 Å². The zero-order valence-electron chi connectivity index (χ0n) is 12.0. The molecule has 6 heteroatoms. The van der Waals surface area contributed by atoms with Crippen LogP contribution in [0.3, 0.4) is 0 Å². The highest BCUT2D eigenvalue weighted by molar-refractivity contribution is 7.89. The molecule has 1 aromatic carbocycles. The van der Waals surface area contributed by atoms with Gasteiger partial charge >= 0.3 is 0 Å². The number of nitriles is 1. The van der Waals surface area contributed by atoms with Crippen LogP contribution in [0.1, 0.15) is 44.6 Å². The third-order valence-corrected chi connectivity index (χ3v) is 6.09. The molecule has 0 aliphatic heterocycles. The standard InChI is InChI=1S/C15H19ClN2O2S/c1-11(13-5-3-2-4-6-13)18-21(19,20)15-9-12(10-17)7-8-14(15)16/h7-9,11,13,18H,2-6H2,1H3. The first-order valence-corrected chi connectivity index (χ1v) is 9.02. The first-order valence-electron chi connectivity index (χ1n) is 7.16. The average molecular weight is 327 g/mol. The van der Waals surface area contributed by atoms with Gasteiger partial charge in [-0.2, -0.15) is 5.26 Å². The second-order valence-corrected chi connectivity index (χ2v) is 7.65. The number of halogens is 1. The Bertz CT molecular complexity index is 646. The Morgan fingerprint density at radius 1 is 1.33 bits per heavy atom. The molecule has 1 atom stereocenters. The van der Waals surface area contributed by atoms with Gasteiger partial charge < -0.3 is 0 Å². The molecule has 0 heterocycles. The molecule has 1 aliphatic rings. The van der Waals surface area contributed by atoms with Crippen molar-refractivity contribution in [3.8, 4) is 6.07 Å². The molecule has 114 valence electrons. The van der Waals surface area contributed by atoms with Gasteiger partial charge in [0, 0.05) is 6.04 Å². The van der Waals surface area contributed by atoms with Gasteiger partial charge in [0.2, 0.25) is 10.0 Å². The lowest BCUT2D eigenvalue weighted by Crippen LogP contribution is -2.38. The van der Waals surface area contributed by atoms with Crippen molar-refractivity contribution in [1.82, 2.24) is 4.72 Å². The van der Waals surface area contributed by atoms with Gasteiger partial charge in [0.05, 0.1) is 16.7 Å². The molecule has 0 amide bonds. The molecule has 2 rings (SSSR count). The minimum Gasteiger partial charge on any atom is -0.208 e. The minimum absolute atomic E-state index is 0.0223. The zero-order valence-corrected chi connectivity index (χ0v) is 13.5. The van der Waals surface area contributed by atoms with Crippen LogP contribution >= 0.6 is 11.6 Å². The smallest absolute Gasteiger partial charge is 0.208 e. The zero-order chi connectivity index (χ0) is 15.5. The third-order valence-electron chi connectivity index (χ3n) is 4.05. The summed E-state index contributed by atoms with van der Waals surface area (Å²) in [6.07, 6.45) is 5.64. The lowest BCUT2D eigenvalue weighted by Gasteiger charge is -2.28. The molecule has 0 spiro atoms. The van der Waals surface area contributed by atoms with Crippen molar-refractivity contribution in [2.24, 2.45) is 5.92 Å². The molecule has 1 saturated carbocycles. The monoisotopic (exact) mass is 326 g/mol. The largest absolute Gasteiger partial charge is 0.242 e. The van der Waals surface area contributed by atoms with E-state index in [2.05, 4.69) is 4.72 Å². The van der Waals surface area contributed by atoms with Crippen molar-refractivity contribution in [2.75, 3.05) is 0 Å². The molecule has 4 nitrogen and oxygen atoms in total. The molecular formula is C15H19ClN2O2S. The topological polar surface area (TPSA) is 70.0 Å². The Balaban J connectivity index is 2.20. The van der Waals surface area contributed by atoms with Crippen molar-refractivity contribution in [3.63, 3.8) is 0 Å². The summed E-state index contributed by atoms with van der Waals surface area (Å²) in [5.41, 5.74) is 0.282. The van der Waals surface area contributed by atoms with Crippen LogP contribution in [0.4, 0.5) is 0 Å². The van der Waals surface area contributed by atoms with Gasteiger partial charge in [-0.15, -0.1) is 0 Å². The Labute approximate surface area is 131 Å². The molecule has 1 unspecified atom stereocenters. The van der Waals surface area contributed by atoms with Gasteiger partial charge in [-0.05, 0) is 43.9 Å². The summed E-state index contributed by atoms with van der Waals surface area (Å²) in [6.45, 7) is 1.90. The molecule has 0 saturated heterocycles. The second-order valence-electron chi connectivity index (χ2n) is 5.57. The summed E-state index contributed by atoms with van der Waals surface area (Å²) in [5, 5.41) is 9.03. The van der Waals surface area contributed by atoms with Crippen LogP contribution < -0.4 is 4.72 Å². The Kier molecular flexibility index (Phi) is 5.26. The predicted octanol–water partition coefficient (Wildman–Crippen LogP) is 3.46. The van der Waals surface area contributed by atoms with E-state index in [1.54, 1.807) is 0 Å². The molecule has 1 aromatic rings. The van der Waals surface area contributed by atoms with Gasteiger partial charge in [-0.25, -0.2) is 13.1 Å². The van der Waals surface area contributed by atoms with E-state index >= 15 is 0 Å². The van der Waals surface area contributed by atoms with Crippen LogP contribution in [0.2, 0.25) is 5.02 Å². The molecule has 1 N–H and O–H groups in total. The van der Waals surface area contributed by atoms with Crippen LogP contribution in [-0.2, 0) is 10.0 Å². The van der Waals surface area contributed by atoms with Gasteiger partial charge in [0.1, 0.15) is 4.90 Å². The van der Waals surface area contributed by atoms with E-state index in [9.17, 15) is 8.42 Å². The summed E-state index contributed by atoms with van der Waals surface area (Å²) < 4.78 is 27.7. The Morgan fingerprint density at radius 2 is 2.00 bits per heavy atom. The number of nitrogens with zero attached hydrogens (tertiary/aromatic N) is 1.